The van der Waals surface area contributed by atoms with Gasteiger partial charge < -0.3 is 10.3 Å². The number of H-pyrrole nitrogens is 1. The smallest absolute Gasteiger partial charge is 0.349 e. The molecule has 36 heavy (non-hydrogen) atoms. The number of aromatic nitrogens is 3. The van der Waals surface area contributed by atoms with E-state index in [9.17, 15) is 22.8 Å². The van der Waals surface area contributed by atoms with Crippen molar-refractivity contribution in [1.29, 1.82) is 0 Å². The summed E-state index contributed by atoms with van der Waals surface area (Å²) >= 11 is 7.14. The van der Waals surface area contributed by atoms with Crippen LogP contribution in [0, 0.1) is 0 Å². The Labute approximate surface area is 211 Å². The summed E-state index contributed by atoms with van der Waals surface area (Å²) in [6.07, 6.45) is -4.53. The van der Waals surface area contributed by atoms with Crippen molar-refractivity contribution in [1.82, 2.24) is 14.5 Å². The summed E-state index contributed by atoms with van der Waals surface area (Å²) in [6.45, 7) is 0. The Morgan fingerprint density at radius 2 is 1.83 bits per heavy atom. The first kappa shape index (κ1) is 24.0. The van der Waals surface area contributed by atoms with Gasteiger partial charge in [-0.25, -0.2) is 4.98 Å². The summed E-state index contributed by atoms with van der Waals surface area (Å²) in [5.41, 5.74) is 0.722. The van der Waals surface area contributed by atoms with Gasteiger partial charge in [0, 0.05) is 21.6 Å². The van der Waals surface area contributed by atoms with E-state index in [1.54, 1.807) is 24.3 Å². The van der Waals surface area contributed by atoms with Crippen molar-refractivity contribution >= 4 is 56.9 Å². The Morgan fingerprint density at radius 1 is 1.06 bits per heavy atom. The third-order valence-corrected chi connectivity index (χ3v) is 6.54. The Balaban J connectivity index is 1.51. The number of hydrogen-bond donors (Lipinski definition) is 2. The first-order valence-corrected chi connectivity index (χ1v) is 12.0. The third-order valence-electron chi connectivity index (χ3n) is 5.37. The van der Waals surface area contributed by atoms with Gasteiger partial charge in [0.15, 0.2) is 5.16 Å². The highest BCUT2D eigenvalue weighted by atomic mass is 35.5. The molecule has 11 heteroatoms. The van der Waals surface area contributed by atoms with Gasteiger partial charge in [-0.1, -0.05) is 53.7 Å². The number of nitrogens with zero attached hydrogens (tertiary/aromatic N) is 2. The molecular weight excluding hydrogens is 513 g/mol. The fourth-order valence-electron chi connectivity index (χ4n) is 3.78. The molecule has 0 aliphatic carbocycles. The molecule has 0 radical (unpaired) electrons. The highest BCUT2D eigenvalue weighted by molar-refractivity contribution is 7.99. The van der Waals surface area contributed by atoms with Gasteiger partial charge in [0.2, 0.25) is 5.91 Å². The van der Waals surface area contributed by atoms with Crippen molar-refractivity contribution in [2.45, 2.75) is 11.3 Å². The molecule has 5 aromatic rings. The highest BCUT2D eigenvalue weighted by Gasteiger charge is 2.30. The van der Waals surface area contributed by atoms with E-state index >= 15 is 0 Å². The molecule has 0 fully saturated rings. The van der Waals surface area contributed by atoms with E-state index in [0.29, 0.717) is 21.7 Å². The van der Waals surface area contributed by atoms with Gasteiger partial charge in [0.05, 0.1) is 17.0 Å². The first-order valence-electron chi connectivity index (χ1n) is 10.6. The van der Waals surface area contributed by atoms with Crippen molar-refractivity contribution in [3.63, 3.8) is 0 Å². The van der Waals surface area contributed by atoms with Gasteiger partial charge in [0.1, 0.15) is 11.0 Å². The number of amides is 1. The summed E-state index contributed by atoms with van der Waals surface area (Å²) in [4.78, 5) is 33.9. The van der Waals surface area contributed by atoms with Crippen molar-refractivity contribution in [3.05, 3.63) is 93.7 Å². The van der Waals surface area contributed by atoms with E-state index in [0.717, 1.165) is 34.8 Å². The number of para-hydroxylation sites is 1. The number of aromatic amines is 1. The molecule has 2 aromatic heterocycles. The number of halogens is 4. The lowest BCUT2D eigenvalue weighted by atomic mass is 10.2. The van der Waals surface area contributed by atoms with Crippen LogP contribution in [0.1, 0.15) is 5.56 Å². The molecule has 0 aliphatic heterocycles. The molecule has 0 atom stereocenters. The van der Waals surface area contributed by atoms with Gasteiger partial charge in [-0.2, -0.15) is 13.2 Å². The first-order chi connectivity index (χ1) is 17.2. The molecular formula is C25H16ClF3N4O2S. The topological polar surface area (TPSA) is 79.8 Å². The molecule has 0 spiro atoms. The van der Waals surface area contributed by atoms with Crippen LogP contribution in [0.5, 0.6) is 0 Å². The maximum atomic E-state index is 13.5. The largest absolute Gasteiger partial charge is 0.416 e. The lowest BCUT2D eigenvalue weighted by molar-refractivity contribution is -0.137. The number of fused-ring (bicyclic) bond motifs is 3. The quantitative estimate of drug-likeness (QED) is 0.208. The second kappa shape index (κ2) is 9.36. The molecule has 182 valence electrons. The Hall–Kier alpha value is -3.76. The lowest BCUT2D eigenvalue weighted by Gasteiger charge is -2.13. The Bertz CT molecular complexity index is 1680. The molecule has 0 aliphatic rings. The summed E-state index contributed by atoms with van der Waals surface area (Å²) in [5.74, 6) is -0.748. The van der Waals surface area contributed by atoms with Crippen LogP contribution in [0.25, 0.3) is 27.6 Å². The standard InChI is InChI=1S/C25H16ClF3N4O2S/c26-15-6-4-8-17(12-15)33-23(35)22-21(18-9-1-2-10-19(18)31-22)32-24(33)36-13-20(34)30-16-7-3-5-14(11-16)25(27,28)29/h1-12,31H,13H2,(H,30,34). The van der Waals surface area contributed by atoms with E-state index in [4.69, 9.17) is 11.6 Å². The van der Waals surface area contributed by atoms with Gasteiger partial charge in [-0.3, -0.25) is 14.2 Å². The molecule has 0 bridgehead atoms. The average molecular weight is 529 g/mol. The molecule has 0 saturated carbocycles. The third kappa shape index (κ3) is 4.69. The number of carbonyl (C=O) groups is 1. The minimum absolute atomic E-state index is 0.0164. The van der Waals surface area contributed by atoms with Crippen molar-refractivity contribution in [2.75, 3.05) is 11.1 Å². The monoisotopic (exact) mass is 528 g/mol. The molecule has 3 aromatic carbocycles. The molecule has 5 rings (SSSR count). The molecule has 0 saturated heterocycles. The summed E-state index contributed by atoms with van der Waals surface area (Å²) in [6, 6.07) is 18.3. The highest BCUT2D eigenvalue weighted by Crippen LogP contribution is 2.31. The average Bonchev–Trinajstić information content (AvgIpc) is 3.21. The van der Waals surface area contributed by atoms with Crippen LogP contribution in [0.15, 0.2) is 82.7 Å². The summed E-state index contributed by atoms with van der Waals surface area (Å²) in [7, 11) is 0. The normalized spacial score (nSPS) is 11.8. The Kier molecular flexibility index (Phi) is 6.23. The zero-order chi connectivity index (χ0) is 25.4. The van der Waals surface area contributed by atoms with Crippen LogP contribution < -0.4 is 10.9 Å². The van der Waals surface area contributed by atoms with Gasteiger partial charge in [-0.05, 0) is 42.5 Å². The van der Waals surface area contributed by atoms with E-state index in [1.165, 1.54) is 16.7 Å². The maximum absolute atomic E-state index is 13.5. The predicted octanol–water partition coefficient (Wildman–Crippen LogP) is 6.27. The maximum Gasteiger partial charge on any atom is 0.416 e. The number of hydrogen-bond acceptors (Lipinski definition) is 4. The van der Waals surface area contributed by atoms with Gasteiger partial charge >= 0.3 is 6.18 Å². The molecule has 2 N–H and O–H groups in total. The number of alkyl halides is 3. The zero-order valence-corrected chi connectivity index (χ0v) is 19.8. The lowest BCUT2D eigenvalue weighted by Crippen LogP contribution is -2.23. The second-order valence-corrected chi connectivity index (χ2v) is 9.20. The molecule has 6 nitrogen and oxygen atoms in total. The van der Waals surface area contributed by atoms with Crippen LogP contribution in [0.4, 0.5) is 18.9 Å². The van der Waals surface area contributed by atoms with E-state index in [1.807, 2.05) is 24.3 Å². The number of anilines is 1. The van der Waals surface area contributed by atoms with Crippen LogP contribution in [0.3, 0.4) is 0 Å². The van der Waals surface area contributed by atoms with Crippen LogP contribution >= 0.6 is 23.4 Å². The number of rotatable bonds is 5. The van der Waals surface area contributed by atoms with E-state index in [-0.39, 0.29) is 22.2 Å². The van der Waals surface area contributed by atoms with Crippen LogP contribution in [-0.4, -0.2) is 26.2 Å². The number of carbonyl (C=O) groups excluding carboxylic acids is 1. The fraction of sp³-hybridized carbons (Fsp3) is 0.0800. The van der Waals surface area contributed by atoms with E-state index in [2.05, 4.69) is 15.3 Å². The van der Waals surface area contributed by atoms with Crippen molar-refractivity contribution < 1.29 is 18.0 Å². The van der Waals surface area contributed by atoms with Crippen LogP contribution in [0.2, 0.25) is 5.02 Å². The number of thioether (sulfide) groups is 1. The number of benzene rings is 3. The Morgan fingerprint density at radius 3 is 2.61 bits per heavy atom. The van der Waals surface area contributed by atoms with Crippen LogP contribution in [-0.2, 0) is 11.0 Å². The predicted molar refractivity (Wildman–Crippen MR) is 135 cm³/mol. The second-order valence-electron chi connectivity index (χ2n) is 7.82. The summed E-state index contributed by atoms with van der Waals surface area (Å²) < 4.78 is 40.3. The molecule has 1 amide bonds. The minimum atomic E-state index is -4.53. The zero-order valence-electron chi connectivity index (χ0n) is 18.3. The van der Waals surface area contributed by atoms with Crippen molar-refractivity contribution in [3.8, 4) is 5.69 Å². The number of nitrogens with one attached hydrogen (secondary N) is 2. The SMILES string of the molecule is O=C(CSc1nc2c([nH]c3ccccc32)c(=O)n1-c1cccc(Cl)c1)Nc1cccc(C(F)(F)F)c1. The van der Waals surface area contributed by atoms with Gasteiger partial charge in [-0.15, -0.1) is 0 Å². The van der Waals surface area contributed by atoms with Gasteiger partial charge in [0.25, 0.3) is 5.56 Å². The minimum Gasteiger partial charge on any atom is -0.349 e. The fourth-order valence-corrected chi connectivity index (χ4v) is 4.77. The summed E-state index contributed by atoms with van der Waals surface area (Å²) in [5, 5.41) is 3.86. The molecule has 2 heterocycles. The van der Waals surface area contributed by atoms with E-state index < -0.39 is 17.6 Å². The van der Waals surface area contributed by atoms with Crippen molar-refractivity contribution in [2.24, 2.45) is 0 Å². The molecule has 0 unspecified atom stereocenters.